The molecule has 0 saturated carbocycles. The number of amides is 2. The fraction of sp³-hybridized carbons (Fsp3) is 0.364. The number of para-hydroxylation sites is 1. The molecule has 156 valence electrons. The Morgan fingerprint density at radius 3 is 2.28 bits per heavy atom. The van der Waals surface area contributed by atoms with Crippen LogP contribution >= 0.6 is 11.6 Å². The number of hydrogen-bond acceptors (Lipinski definition) is 4. The van der Waals surface area contributed by atoms with Crippen LogP contribution in [-0.4, -0.2) is 55.9 Å². The van der Waals surface area contributed by atoms with E-state index in [-0.39, 0.29) is 24.9 Å². The van der Waals surface area contributed by atoms with E-state index in [2.05, 4.69) is 17.4 Å². The Morgan fingerprint density at radius 2 is 1.69 bits per heavy atom. The van der Waals surface area contributed by atoms with Gasteiger partial charge in [-0.05, 0) is 49.7 Å². The van der Waals surface area contributed by atoms with E-state index in [1.165, 1.54) is 4.90 Å². The number of halogens is 1. The van der Waals surface area contributed by atoms with E-state index in [1.54, 1.807) is 38.4 Å². The summed E-state index contributed by atoms with van der Waals surface area (Å²) < 4.78 is 5.40. The van der Waals surface area contributed by atoms with Gasteiger partial charge < -0.3 is 15.0 Å². The summed E-state index contributed by atoms with van der Waals surface area (Å²) in [5, 5.41) is 3.18. The second kappa shape index (κ2) is 10.3. The average Bonchev–Trinajstić information content (AvgIpc) is 2.63. The number of rotatable bonds is 8. The summed E-state index contributed by atoms with van der Waals surface area (Å²) in [5.74, 6) is 0.457. The number of hydrogen-bond donors (Lipinski definition) is 1. The molecule has 0 heterocycles. The highest BCUT2D eigenvalue weighted by atomic mass is 35.5. The molecule has 7 heteroatoms. The predicted molar refractivity (Wildman–Crippen MR) is 117 cm³/mol. The lowest BCUT2D eigenvalue weighted by molar-refractivity contribution is -0.134. The van der Waals surface area contributed by atoms with Crippen molar-refractivity contribution in [1.29, 1.82) is 0 Å². The van der Waals surface area contributed by atoms with Crippen molar-refractivity contribution < 1.29 is 14.3 Å². The molecule has 0 spiro atoms. The number of carbonyl (C=O) groups excluding carboxylic acids is 2. The molecule has 0 radical (unpaired) electrons. The lowest BCUT2D eigenvalue weighted by Crippen LogP contribution is -2.40. The summed E-state index contributed by atoms with van der Waals surface area (Å²) in [4.78, 5) is 28.0. The molecule has 0 aliphatic heterocycles. The van der Waals surface area contributed by atoms with Crippen LogP contribution in [0.25, 0.3) is 0 Å². The SMILES string of the molecule is COc1c(C)cc(CN(C)CC(=O)N(C)CC(=O)Nc2ccccc2Cl)cc1C. The first-order valence-corrected chi connectivity index (χ1v) is 9.70. The second-order valence-electron chi connectivity index (χ2n) is 7.21. The summed E-state index contributed by atoms with van der Waals surface area (Å²) >= 11 is 6.04. The number of methoxy groups -OCH3 is 1. The molecule has 0 saturated heterocycles. The van der Waals surface area contributed by atoms with Crippen molar-refractivity contribution in [2.75, 3.05) is 39.6 Å². The molecule has 2 aromatic carbocycles. The topological polar surface area (TPSA) is 61.9 Å². The summed E-state index contributed by atoms with van der Waals surface area (Å²) in [6.07, 6.45) is 0. The van der Waals surface area contributed by atoms with Gasteiger partial charge in [-0.15, -0.1) is 0 Å². The Morgan fingerprint density at radius 1 is 1.07 bits per heavy atom. The monoisotopic (exact) mass is 417 g/mol. The van der Waals surface area contributed by atoms with Crippen molar-refractivity contribution >= 4 is 29.1 Å². The molecular formula is C22H28ClN3O3. The van der Waals surface area contributed by atoms with Gasteiger partial charge in [0, 0.05) is 13.6 Å². The van der Waals surface area contributed by atoms with Gasteiger partial charge in [-0.1, -0.05) is 35.9 Å². The lowest BCUT2D eigenvalue weighted by atomic mass is 10.1. The predicted octanol–water partition coefficient (Wildman–Crippen LogP) is 3.49. The van der Waals surface area contributed by atoms with E-state index in [0.717, 1.165) is 22.4 Å². The van der Waals surface area contributed by atoms with Gasteiger partial charge in [0.25, 0.3) is 0 Å². The fourth-order valence-electron chi connectivity index (χ4n) is 3.23. The molecule has 2 aromatic rings. The van der Waals surface area contributed by atoms with Crippen LogP contribution in [0.15, 0.2) is 36.4 Å². The number of aryl methyl sites for hydroxylation is 2. The zero-order valence-electron chi connectivity index (χ0n) is 17.6. The van der Waals surface area contributed by atoms with Gasteiger partial charge in [0.05, 0.1) is 30.9 Å². The second-order valence-corrected chi connectivity index (χ2v) is 7.62. The molecule has 1 N–H and O–H groups in total. The van der Waals surface area contributed by atoms with Crippen LogP contribution in [0.3, 0.4) is 0 Å². The van der Waals surface area contributed by atoms with Gasteiger partial charge in [0.15, 0.2) is 0 Å². The Hall–Kier alpha value is -2.57. The maximum Gasteiger partial charge on any atom is 0.244 e. The molecule has 0 aliphatic carbocycles. The molecule has 0 atom stereocenters. The summed E-state index contributed by atoms with van der Waals surface area (Å²) in [7, 11) is 5.16. The number of carbonyl (C=O) groups is 2. The van der Waals surface area contributed by atoms with Crippen molar-refractivity contribution in [2.45, 2.75) is 20.4 Å². The Balaban J connectivity index is 1.88. The molecule has 6 nitrogen and oxygen atoms in total. The minimum atomic E-state index is -0.294. The normalized spacial score (nSPS) is 10.7. The highest BCUT2D eigenvalue weighted by Crippen LogP contribution is 2.25. The Kier molecular flexibility index (Phi) is 8.05. The quantitative estimate of drug-likeness (QED) is 0.714. The average molecular weight is 418 g/mol. The highest BCUT2D eigenvalue weighted by Gasteiger charge is 2.16. The Bertz CT molecular complexity index is 862. The van der Waals surface area contributed by atoms with E-state index in [1.807, 2.05) is 25.8 Å². The first-order valence-electron chi connectivity index (χ1n) is 9.32. The van der Waals surface area contributed by atoms with Crippen LogP contribution in [0.4, 0.5) is 5.69 Å². The molecule has 0 fully saturated rings. The maximum absolute atomic E-state index is 12.5. The third-order valence-electron chi connectivity index (χ3n) is 4.54. The Labute approximate surface area is 177 Å². The highest BCUT2D eigenvalue weighted by molar-refractivity contribution is 6.33. The van der Waals surface area contributed by atoms with Gasteiger partial charge >= 0.3 is 0 Å². The molecule has 0 aromatic heterocycles. The van der Waals surface area contributed by atoms with Crippen molar-refractivity contribution in [3.63, 3.8) is 0 Å². The largest absolute Gasteiger partial charge is 0.496 e. The van der Waals surface area contributed by atoms with Crippen LogP contribution in [0.5, 0.6) is 5.75 Å². The molecule has 2 amide bonds. The summed E-state index contributed by atoms with van der Waals surface area (Å²) in [6.45, 7) is 4.80. The summed E-state index contributed by atoms with van der Waals surface area (Å²) in [5.41, 5.74) is 3.77. The minimum absolute atomic E-state index is 0.0430. The van der Waals surface area contributed by atoms with Gasteiger partial charge in [-0.3, -0.25) is 14.5 Å². The third kappa shape index (κ3) is 6.48. The van der Waals surface area contributed by atoms with Gasteiger partial charge in [0.1, 0.15) is 5.75 Å². The zero-order valence-corrected chi connectivity index (χ0v) is 18.3. The maximum atomic E-state index is 12.5. The smallest absolute Gasteiger partial charge is 0.244 e. The zero-order chi connectivity index (χ0) is 21.6. The first-order chi connectivity index (χ1) is 13.7. The first kappa shape index (κ1) is 22.7. The molecule has 0 unspecified atom stereocenters. The molecule has 0 aliphatic rings. The van der Waals surface area contributed by atoms with E-state index in [4.69, 9.17) is 16.3 Å². The van der Waals surface area contributed by atoms with Crippen LogP contribution in [-0.2, 0) is 16.1 Å². The van der Waals surface area contributed by atoms with Crippen molar-refractivity contribution in [2.24, 2.45) is 0 Å². The number of likely N-dealkylation sites (N-methyl/N-ethyl adjacent to an activating group) is 2. The molecular weight excluding hydrogens is 390 g/mol. The van der Waals surface area contributed by atoms with Crippen molar-refractivity contribution in [3.8, 4) is 5.75 Å². The molecule has 29 heavy (non-hydrogen) atoms. The van der Waals surface area contributed by atoms with Crippen LogP contribution in [0.1, 0.15) is 16.7 Å². The van der Waals surface area contributed by atoms with E-state index < -0.39 is 0 Å². The van der Waals surface area contributed by atoms with E-state index >= 15 is 0 Å². The van der Waals surface area contributed by atoms with Crippen molar-refractivity contribution in [3.05, 3.63) is 58.1 Å². The van der Waals surface area contributed by atoms with Gasteiger partial charge in [-0.2, -0.15) is 0 Å². The summed E-state index contributed by atoms with van der Waals surface area (Å²) in [6, 6.07) is 11.1. The van der Waals surface area contributed by atoms with Gasteiger partial charge in [-0.25, -0.2) is 0 Å². The van der Waals surface area contributed by atoms with Crippen molar-refractivity contribution in [1.82, 2.24) is 9.80 Å². The fourth-order valence-corrected chi connectivity index (χ4v) is 3.41. The lowest BCUT2D eigenvalue weighted by Gasteiger charge is -2.22. The number of nitrogens with one attached hydrogen (secondary N) is 1. The minimum Gasteiger partial charge on any atom is -0.496 e. The number of anilines is 1. The number of ether oxygens (including phenoxy) is 1. The van der Waals surface area contributed by atoms with E-state index in [9.17, 15) is 9.59 Å². The van der Waals surface area contributed by atoms with Crippen LogP contribution in [0, 0.1) is 13.8 Å². The molecule has 0 bridgehead atoms. The number of nitrogens with zero attached hydrogens (tertiary/aromatic N) is 2. The van der Waals surface area contributed by atoms with E-state index in [0.29, 0.717) is 17.3 Å². The number of benzene rings is 2. The van der Waals surface area contributed by atoms with Crippen LogP contribution in [0.2, 0.25) is 5.02 Å². The molecule has 2 rings (SSSR count). The van der Waals surface area contributed by atoms with Gasteiger partial charge in [0.2, 0.25) is 11.8 Å². The third-order valence-corrected chi connectivity index (χ3v) is 4.87. The standard InChI is InChI=1S/C22H28ClN3O3/c1-15-10-17(11-16(2)22(15)29-5)12-25(3)14-21(28)26(4)13-20(27)24-19-9-7-6-8-18(19)23/h6-11H,12-14H2,1-5H3,(H,24,27). The van der Waals surface area contributed by atoms with Crippen LogP contribution < -0.4 is 10.1 Å².